The molecule has 3 aliphatic rings. The summed E-state index contributed by atoms with van der Waals surface area (Å²) in [6.45, 7) is 3.89. The molecule has 0 spiro atoms. The smallest absolute Gasteiger partial charge is 0.248 e. The lowest BCUT2D eigenvalue weighted by Gasteiger charge is -2.27. The molecule has 3 amide bonds. The van der Waals surface area contributed by atoms with Crippen molar-refractivity contribution in [2.75, 3.05) is 5.32 Å². The number of hydrogen-bond donors (Lipinski definition) is 1. The fourth-order valence-corrected chi connectivity index (χ4v) is 6.10. The molecule has 31 heavy (non-hydrogen) atoms. The van der Waals surface area contributed by atoms with E-state index in [2.05, 4.69) is 5.32 Å². The summed E-state index contributed by atoms with van der Waals surface area (Å²) in [6, 6.07) is 14.6. The van der Waals surface area contributed by atoms with Gasteiger partial charge in [0.05, 0.1) is 11.8 Å². The molecule has 5 nitrogen and oxygen atoms in total. The lowest BCUT2D eigenvalue weighted by atomic mass is 9.81. The molecule has 5 rings (SSSR count). The molecular formula is C26H28N2O3. The lowest BCUT2D eigenvalue weighted by molar-refractivity contribution is -0.147. The SMILES string of the molecule is Cc1cccc(C)c1NC(=O)[C@H](Cc1ccccc1)N1C(=O)[C@@H]2[C@H]3CC[C@@H](C3)[C@H]2C1=O. The molecule has 2 aliphatic carbocycles. The predicted octanol–water partition coefficient (Wildman–Crippen LogP) is 3.88. The van der Waals surface area contributed by atoms with Gasteiger partial charge < -0.3 is 5.32 Å². The van der Waals surface area contributed by atoms with E-state index < -0.39 is 6.04 Å². The molecule has 0 unspecified atom stereocenters. The number of hydrogen-bond acceptors (Lipinski definition) is 3. The van der Waals surface area contributed by atoms with Crippen molar-refractivity contribution in [3.8, 4) is 0 Å². The molecular weight excluding hydrogens is 388 g/mol. The van der Waals surface area contributed by atoms with Crippen molar-refractivity contribution < 1.29 is 14.4 Å². The minimum atomic E-state index is -0.841. The van der Waals surface area contributed by atoms with Crippen LogP contribution in [0.4, 0.5) is 5.69 Å². The maximum atomic E-state index is 13.5. The van der Waals surface area contributed by atoms with E-state index in [0.717, 1.165) is 41.6 Å². The predicted molar refractivity (Wildman–Crippen MR) is 118 cm³/mol. The molecule has 0 aromatic heterocycles. The number of likely N-dealkylation sites (tertiary alicyclic amines) is 1. The number of carbonyl (C=O) groups excluding carboxylic acids is 3. The summed E-state index contributed by atoms with van der Waals surface area (Å²) in [4.78, 5) is 41.7. The minimum Gasteiger partial charge on any atom is -0.324 e. The van der Waals surface area contributed by atoms with Crippen molar-refractivity contribution in [1.29, 1.82) is 0 Å². The van der Waals surface area contributed by atoms with E-state index in [1.54, 1.807) is 0 Å². The summed E-state index contributed by atoms with van der Waals surface area (Å²) in [6.07, 6.45) is 3.36. The molecule has 2 aromatic rings. The van der Waals surface area contributed by atoms with Crippen molar-refractivity contribution in [2.24, 2.45) is 23.7 Å². The number of nitrogens with one attached hydrogen (secondary N) is 1. The third-order valence-electron chi connectivity index (χ3n) is 7.58. The number of para-hydroxylation sites is 1. The van der Waals surface area contributed by atoms with Crippen LogP contribution in [0.3, 0.4) is 0 Å². The normalized spacial score (nSPS) is 27.5. The summed E-state index contributed by atoms with van der Waals surface area (Å²) in [5.41, 5.74) is 3.61. The highest BCUT2D eigenvalue weighted by Gasteiger charge is 2.62. The van der Waals surface area contributed by atoms with Crippen molar-refractivity contribution in [3.05, 3.63) is 65.2 Å². The largest absolute Gasteiger partial charge is 0.324 e. The first-order valence-corrected chi connectivity index (χ1v) is 11.2. The van der Waals surface area contributed by atoms with Gasteiger partial charge in [-0.1, -0.05) is 48.5 Å². The Hall–Kier alpha value is -2.95. The third kappa shape index (κ3) is 3.27. The number of benzene rings is 2. The molecule has 2 aromatic carbocycles. The molecule has 3 fully saturated rings. The lowest BCUT2D eigenvalue weighted by Crippen LogP contribution is -2.49. The third-order valence-corrected chi connectivity index (χ3v) is 7.58. The van der Waals surface area contributed by atoms with Crippen LogP contribution in [0, 0.1) is 37.5 Å². The van der Waals surface area contributed by atoms with Crippen molar-refractivity contribution in [3.63, 3.8) is 0 Å². The van der Waals surface area contributed by atoms with Gasteiger partial charge in [0.1, 0.15) is 6.04 Å². The average molecular weight is 417 g/mol. The van der Waals surface area contributed by atoms with Crippen molar-refractivity contribution >= 4 is 23.4 Å². The van der Waals surface area contributed by atoms with Crippen LogP contribution < -0.4 is 5.32 Å². The Labute approximate surface area is 182 Å². The Bertz CT molecular complexity index is 1000. The highest BCUT2D eigenvalue weighted by molar-refractivity contribution is 6.10. The van der Waals surface area contributed by atoms with E-state index in [1.807, 2.05) is 62.4 Å². The van der Waals surface area contributed by atoms with Crippen LogP contribution >= 0.6 is 0 Å². The molecule has 1 heterocycles. The standard InChI is InChI=1S/C26H28N2O3/c1-15-7-6-8-16(2)23(15)27-24(29)20(13-17-9-4-3-5-10-17)28-25(30)21-18-11-12-19(14-18)22(21)26(28)31/h3-10,18-22H,11-14H2,1-2H3,(H,27,29)/t18-,19-,20-,21+,22+/m0/s1. The van der Waals surface area contributed by atoms with E-state index in [4.69, 9.17) is 0 Å². The van der Waals surface area contributed by atoms with Gasteiger partial charge in [0.25, 0.3) is 0 Å². The van der Waals surface area contributed by atoms with Crippen LogP contribution in [0.15, 0.2) is 48.5 Å². The van der Waals surface area contributed by atoms with Crippen LogP contribution in [0.1, 0.15) is 36.0 Å². The van der Waals surface area contributed by atoms with Gasteiger partial charge in [-0.2, -0.15) is 0 Å². The van der Waals surface area contributed by atoms with Gasteiger partial charge in [0, 0.05) is 12.1 Å². The number of anilines is 1. The zero-order chi connectivity index (χ0) is 21.7. The molecule has 1 aliphatic heterocycles. The minimum absolute atomic E-state index is 0.139. The fourth-order valence-electron chi connectivity index (χ4n) is 6.10. The average Bonchev–Trinajstić information content (AvgIpc) is 3.44. The topological polar surface area (TPSA) is 66.5 Å². The molecule has 160 valence electrons. The zero-order valence-corrected chi connectivity index (χ0v) is 18.0. The van der Waals surface area contributed by atoms with Gasteiger partial charge in [-0.25, -0.2) is 0 Å². The Morgan fingerprint density at radius 1 is 0.935 bits per heavy atom. The van der Waals surface area contributed by atoms with Crippen molar-refractivity contribution in [2.45, 2.75) is 45.6 Å². The summed E-state index contributed by atoms with van der Waals surface area (Å²) in [7, 11) is 0. The van der Waals surface area contributed by atoms with Crippen LogP contribution in [0.5, 0.6) is 0 Å². The van der Waals surface area contributed by atoms with Crippen molar-refractivity contribution in [1.82, 2.24) is 4.90 Å². The van der Waals surface area contributed by atoms with Gasteiger partial charge in [-0.05, 0) is 61.6 Å². The van der Waals surface area contributed by atoms with E-state index in [0.29, 0.717) is 18.3 Å². The van der Waals surface area contributed by atoms with Gasteiger partial charge in [-0.15, -0.1) is 0 Å². The van der Waals surface area contributed by atoms with E-state index in [-0.39, 0.29) is 29.6 Å². The van der Waals surface area contributed by atoms with Crippen LogP contribution in [-0.4, -0.2) is 28.7 Å². The summed E-state index contributed by atoms with van der Waals surface area (Å²) in [5, 5.41) is 3.04. The van der Waals surface area contributed by atoms with Gasteiger partial charge in [-0.3, -0.25) is 19.3 Å². The second kappa shape index (κ2) is 7.63. The number of carbonyl (C=O) groups is 3. The summed E-state index contributed by atoms with van der Waals surface area (Å²) in [5.74, 6) is -0.420. The molecule has 0 radical (unpaired) electrons. The number of amides is 3. The molecule has 5 atom stereocenters. The molecule has 1 saturated heterocycles. The Kier molecular flexibility index (Phi) is 4.92. The first-order valence-electron chi connectivity index (χ1n) is 11.2. The van der Waals surface area contributed by atoms with Gasteiger partial charge in [0.15, 0.2) is 0 Å². The van der Waals surface area contributed by atoms with Crippen LogP contribution in [-0.2, 0) is 20.8 Å². The highest BCUT2D eigenvalue weighted by atomic mass is 16.2. The van der Waals surface area contributed by atoms with Gasteiger partial charge in [0.2, 0.25) is 17.7 Å². The Balaban J connectivity index is 1.48. The number of rotatable bonds is 5. The molecule has 1 N–H and O–H groups in total. The Morgan fingerprint density at radius 3 is 2.10 bits per heavy atom. The number of aryl methyl sites for hydroxylation is 2. The second-order valence-corrected chi connectivity index (χ2v) is 9.39. The zero-order valence-electron chi connectivity index (χ0n) is 18.0. The number of imide groups is 1. The molecule has 5 heteroatoms. The maximum absolute atomic E-state index is 13.5. The summed E-state index contributed by atoms with van der Waals surface area (Å²) < 4.78 is 0. The molecule has 2 bridgehead atoms. The quantitative estimate of drug-likeness (QED) is 0.752. The van der Waals surface area contributed by atoms with E-state index in [9.17, 15) is 14.4 Å². The number of fused-ring (bicyclic) bond motifs is 5. The second-order valence-electron chi connectivity index (χ2n) is 9.39. The first-order chi connectivity index (χ1) is 15.0. The van der Waals surface area contributed by atoms with Gasteiger partial charge >= 0.3 is 0 Å². The number of nitrogens with zero attached hydrogens (tertiary/aromatic N) is 1. The van der Waals surface area contributed by atoms with E-state index in [1.165, 1.54) is 4.90 Å². The molecule has 2 saturated carbocycles. The van der Waals surface area contributed by atoms with E-state index >= 15 is 0 Å². The Morgan fingerprint density at radius 2 is 1.52 bits per heavy atom. The highest BCUT2D eigenvalue weighted by Crippen LogP contribution is 2.56. The maximum Gasteiger partial charge on any atom is 0.248 e. The fraction of sp³-hybridized carbons (Fsp3) is 0.423. The first kappa shape index (κ1) is 20.0. The van der Waals surface area contributed by atoms with Crippen LogP contribution in [0.25, 0.3) is 0 Å². The summed E-state index contributed by atoms with van der Waals surface area (Å²) >= 11 is 0. The monoisotopic (exact) mass is 416 g/mol. The van der Waals surface area contributed by atoms with Crippen LogP contribution in [0.2, 0.25) is 0 Å².